The van der Waals surface area contributed by atoms with Gasteiger partial charge < -0.3 is 9.80 Å². The van der Waals surface area contributed by atoms with Crippen molar-refractivity contribution in [1.82, 2.24) is 9.80 Å². The molecule has 2 amide bonds. The molecule has 0 spiro atoms. The van der Waals surface area contributed by atoms with Gasteiger partial charge in [0.25, 0.3) is 0 Å². The lowest BCUT2D eigenvalue weighted by atomic mass is 10.2. The molecule has 1 saturated heterocycles. The number of thiophene rings is 1. The number of carbonyl (C=O) groups excluding carboxylic acids is 2. The lowest BCUT2D eigenvalue weighted by molar-refractivity contribution is -0.117. The van der Waals surface area contributed by atoms with Crippen molar-refractivity contribution in [3.05, 3.63) is 20.8 Å². The number of ketones is 1. The molecule has 0 N–H and O–H groups in total. The molecule has 0 saturated carbocycles. The second kappa shape index (κ2) is 5.40. The van der Waals surface area contributed by atoms with Crippen LogP contribution in [0, 0.1) is 0 Å². The summed E-state index contributed by atoms with van der Waals surface area (Å²) in [6, 6.07) is 4.14. The molecule has 0 bridgehead atoms. The Morgan fingerprint density at radius 2 is 2.28 bits per heavy atom. The fraction of sp³-hybridized carbons (Fsp3) is 0.500. The van der Waals surface area contributed by atoms with E-state index in [9.17, 15) is 9.59 Å². The second-order valence-electron chi connectivity index (χ2n) is 4.45. The van der Waals surface area contributed by atoms with Gasteiger partial charge >= 0.3 is 6.03 Å². The first-order valence-electron chi connectivity index (χ1n) is 5.75. The number of carbonyl (C=O) groups is 2. The zero-order valence-electron chi connectivity index (χ0n) is 10.4. The van der Waals surface area contributed by atoms with Gasteiger partial charge in [-0.2, -0.15) is 0 Å². The number of nitrogens with zero attached hydrogens (tertiary/aromatic N) is 2. The maximum Gasteiger partial charge on any atom is 0.320 e. The highest BCUT2D eigenvalue weighted by Gasteiger charge is 2.35. The standard InChI is InChI=1S/C12H15BrN2O2S/c1-8(16)5-6-15-7-9(14(2)12(15)17)10-3-4-11(13)18-10/h3-4,9H,5-7H2,1-2H3. The minimum absolute atomic E-state index is 0.00534. The van der Waals surface area contributed by atoms with E-state index in [4.69, 9.17) is 0 Å². The third-order valence-electron chi connectivity index (χ3n) is 3.09. The minimum atomic E-state index is 0.00534. The van der Waals surface area contributed by atoms with Crippen molar-refractivity contribution in [3.8, 4) is 0 Å². The molecule has 4 nitrogen and oxygen atoms in total. The SMILES string of the molecule is CC(=O)CCN1CC(c2ccc(Br)s2)N(C)C1=O. The van der Waals surface area contributed by atoms with Crippen LogP contribution >= 0.6 is 27.3 Å². The van der Waals surface area contributed by atoms with Crippen LogP contribution in [0.3, 0.4) is 0 Å². The average Bonchev–Trinajstić information content (AvgIpc) is 2.84. The monoisotopic (exact) mass is 330 g/mol. The molecule has 98 valence electrons. The van der Waals surface area contributed by atoms with Crippen LogP contribution in [0.25, 0.3) is 0 Å². The van der Waals surface area contributed by atoms with Crippen LogP contribution in [0.5, 0.6) is 0 Å². The molecule has 6 heteroatoms. The average molecular weight is 331 g/mol. The van der Waals surface area contributed by atoms with Crippen LogP contribution in [0.4, 0.5) is 4.79 Å². The first-order chi connectivity index (χ1) is 8.49. The van der Waals surface area contributed by atoms with Crippen LogP contribution in [-0.2, 0) is 4.79 Å². The molecular weight excluding hydrogens is 316 g/mol. The van der Waals surface area contributed by atoms with Crippen LogP contribution in [0.1, 0.15) is 24.3 Å². The van der Waals surface area contributed by atoms with Gasteiger partial charge in [-0.3, -0.25) is 4.79 Å². The zero-order chi connectivity index (χ0) is 13.3. The number of hydrogen-bond donors (Lipinski definition) is 0. The first kappa shape index (κ1) is 13.5. The highest BCUT2D eigenvalue weighted by Crippen LogP contribution is 2.34. The van der Waals surface area contributed by atoms with Gasteiger partial charge in [0.05, 0.1) is 9.83 Å². The molecule has 1 atom stereocenters. The third-order valence-corrected chi connectivity index (χ3v) is 4.81. The number of urea groups is 1. The molecule has 2 heterocycles. The van der Waals surface area contributed by atoms with Gasteiger partial charge in [0.1, 0.15) is 5.78 Å². The fourth-order valence-corrected chi connectivity index (χ4v) is 3.59. The molecule has 0 aliphatic carbocycles. The number of likely N-dealkylation sites (N-methyl/N-ethyl adjacent to an activating group) is 1. The molecule has 2 rings (SSSR count). The summed E-state index contributed by atoms with van der Waals surface area (Å²) >= 11 is 5.08. The molecule has 1 aromatic rings. The lowest BCUT2D eigenvalue weighted by Gasteiger charge is -2.16. The molecule has 18 heavy (non-hydrogen) atoms. The summed E-state index contributed by atoms with van der Waals surface area (Å²) in [7, 11) is 1.81. The van der Waals surface area contributed by atoms with Crippen molar-refractivity contribution in [2.24, 2.45) is 0 Å². The Labute approximate surface area is 119 Å². The van der Waals surface area contributed by atoms with E-state index in [2.05, 4.69) is 15.9 Å². The van der Waals surface area contributed by atoms with Crippen molar-refractivity contribution in [2.75, 3.05) is 20.1 Å². The summed E-state index contributed by atoms with van der Waals surface area (Å²) in [5.74, 6) is 0.118. The summed E-state index contributed by atoms with van der Waals surface area (Å²) in [5.41, 5.74) is 0. The van der Waals surface area contributed by atoms with Crippen molar-refractivity contribution in [1.29, 1.82) is 0 Å². The van der Waals surface area contributed by atoms with Gasteiger partial charge in [-0.05, 0) is 35.0 Å². The molecule has 1 aliphatic rings. The maximum absolute atomic E-state index is 12.0. The fourth-order valence-electron chi connectivity index (χ4n) is 2.03. The van der Waals surface area contributed by atoms with Crippen molar-refractivity contribution in [3.63, 3.8) is 0 Å². The molecule has 1 unspecified atom stereocenters. The number of amides is 2. The topological polar surface area (TPSA) is 40.6 Å². The van der Waals surface area contributed by atoms with Gasteiger partial charge in [-0.1, -0.05) is 0 Å². The Morgan fingerprint density at radius 3 is 2.83 bits per heavy atom. The summed E-state index contributed by atoms with van der Waals surface area (Å²) in [6.45, 7) is 2.73. The number of hydrogen-bond acceptors (Lipinski definition) is 3. The van der Waals surface area contributed by atoms with Crippen molar-refractivity contribution < 1.29 is 9.59 Å². The largest absolute Gasteiger partial charge is 0.322 e. The predicted molar refractivity (Wildman–Crippen MR) is 74.8 cm³/mol. The number of halogens is 1. The second-order valence-corrected chi connectivity index (χ2v) is 6.94. The summed E-state index contributed by atoms with van der Waals surface area (Å²) in [5, 5.41) is 0. The molecule has 1 aliphatic heterocycles. The molecule has 1 aromatic heterocycles. The number of Topliss-reactive ketones (excluding diaryl/α,β-unsaturated/α-hetero) is 1. The first-order valence-corrected chi connectivity index (χ1v) is 7.36. The van der Waals surface area contributed by atoms with E-state index in [1.165, 1.54) is 4.88 Å². The highest BCUT2D eigenvalue weighted by molar-refractivity contribution is 9.11. The van der Waals surface area contributed by atoms with Gasteiger partial charge in [0.15, 0.2) is 0 Å². The highest BCUT2D eigenvalue weighted by atomic mass is 79.9. The van der Waals surface area contributed by atoms with Gasteiger partial charge in [0, 0.05) is 31.4 Å². The molecular formula is C12H15BrN2O2S. The van der Waals surface area contributed by atoms with E-state index in [1.54, 1.807) is 28.1 Å². The normalized spacial score (nSPS) is 19.7. The zero-order valence-corrected chi connectivity index (χ0v) is 12.8. The van der Waals surface area contributed by atoms with Crippen LogP contribution in [-0.4, -0.2) is 41.8 Å². The summed E-state index contributed by atoms with van der Waals surface area (Å²) in [4.78, 5) is 27.7. The quantitative estimate of drug-likeness (QED) is 0.851. The summed E-state index contributed by atoms with van der Waals surface area (Å²) < 4.78 is 1.07. The third kappa shape index (κ3) is 2.75. The van der Waals surface area contributed by atoms with Crippen molar-refractivity contribution >= 4 is 39.1 Å². The van der Waals surface area contributed by atoms with Crippen molar-refractivity contribution in [2.45, 2.75) is 19.4 Å². The van der Waals surface area contributed by atoms with E-state index in [1.807, 2.05) is 19.2 Å². The van der Waals surface area contributed by atoms with Crippen LogP contribution in [0.2, 0.25) is 0 Å². The van der Waals surface area contributed by atoms with E-state index in [0.29, 0.717) is 19.5 Å². The minimum Gasteiger partial charge on any atom is -0.322 e. The number of rotatable bonds is 4. The van der Waals surface area contributed by atoms with E-state index in [0.717, 1.165) is 3.79 Å². The molecule has 0 aromatic carbocycles. The van der Waals surface area contributed by atoms with Gasteiger partial charge in [0.2, 0.25) is 0 Å². The smallest absolute Gasteiger partial charge is 0.320 e. The Kier molecular flexibility index (Phi) is 4.07. The predicted octanol–water partition coefficient (Wildman–Crippen LogP) is 2.90. The van der Waals surface area contributed by atoms with Gasteiger partial charge in [-0.15, -0.1) is 11.3 Å². The van der Waals surface area contributed by atoms with Crippen LogP contribution in [0.15, 0.2) is 15.9 Å². The Morgan fingerprint density at radius 1 is 1.56 bits per heavy atom. The van der Waals surface area contributed by atoms with Gasteiger partial charge in [-0.25, -0.2) is 4.79 Å². The maximum atomic E-state index is 12.0. The van der Waals surface area contributed by atoms with E-state index < -0.39 is 0 Å². The molecule has 1 fully saturated rings. The van der Waals surface area contributed by atoms with E-state index >= 15 is 0 Å². The Balaban J connectivity index is 2.07. The Hall–Kier alpha value is -0.880. The van der Waals surface area contributed by atoms with E-state index in [-0.39, 0.29) is 17.9 Å². The summed E-state index contributed by atoms with van der Waals surface area (Å²) in [6.07, 6.45) is 0.431. The lowest BCUT2D eigenvalue weighted by Crippen LogP contribution is -2.31. The Bertz CT molecular complexity index is 474. The van der Waals surface area contributed by atoms with Crippen LogP contribution < -0.4 is 0 Å². The molecule has 0 radical (unpaired) electrons.